The number of benzene rings is 2. The van der Waals surface area contributed by atoms with Gasteiger partial charge in [-0.05, 0) is 60.4 Å². The molecule has 12 heteroatoms. The molecule has 1 aliphatic rings. The van der Waals surface area contributed by atoms with E-state index in [2.05, 4.69) is 63.8 Å². The van der Waals surface area contributed by atoms with Crippen LogP contribution in [0.15, 0.2) is 67.3 Å². The van der Waals surface area contributed by atoms with Crippen LogP contribution in [-0.4, -0.2) is 67.2 Å². The Morgan fingerprint density at radius 3 is 2.53 bits per heavy atom. The topological polar surface area (TPSA) is 172 Å². The average Bonchev–Trinajstić information content (AvgIpc) is 3.57. The van der Waals surface area contributed by atoms with Crippen molar-refractivity contribution in [2.75, 3.05) is 24.1 Å². The highest BCUT2D eigenvalue weighted by molar-refractivity contribution is 5.89. The Morgan fingerprint density at radius 1 is 1.04 bits per heavy atom. The molecule has 7 N–H and O–H groups in total. The summed E-state index contributed by atoms with van der Waals surface area (Å²) < 4.78 is 7.81. The summed E-state index contributed by atoms with van der Waals surface area (Å²) in [7, 11) is 0. The van der Waals surface area contributed by atoms with Gasteiger partial charge in [0, 0.05) is 18.8 Å². The number of fused-ring (bicyclic) bond motifs is 1. The predicted molar refractivity (Wildman–Crippen MR) is 173 cm³/mol. The van der Waals surface area contributed by atoms with Crippen LogP contribution in [-0.2, 0) is 16.7 Å². The molecular weight excluding hydrogens is 572 g/mol. The van der Waals surface area contributed by atoms with Gasteiger partial charge in [-0.25, -0.2) is 19.7 Å². The number of nitrogens with two attached hydrogens (primary N) is 1. The first-order chi connectivity index (χ1) is 21.6. The van der Waals surface area contributed by atoms with Crippen molar-refractivity contribution in [1.82, 2.24) is 30.2 Å². The van der Waals surface area contributed by atoms with Crippen molar-refractivity contribution in [1.29, 1.82) is 0 Å². The van der Waals surface area contributed by atoms with Gasteiger partial charge in [0.2, 0.25) is 0 Å². The molecule has 1 saturated heterocycles. The lowest BCUT2D eigenvalue weighted by atomic mass is 9.87. The molecule has 0 aliphatic carbocycles. The number of ether oxygens (including phenoxy) is 1. The summed E-state index contributed by atoms with van der Waals surface area (Å²) in [5.74, 6) is 0.334. The number of aliphatic hydroxyl groups excluding tert-OH is 2. The zero-order valence-corrected chi connectivity index (χ0v) is 26.1. The zero-order chi connectivity index (χ0) is 32.0. The van der Waals surface area contributed by atoms with E-state index in [0.717, 1.165) is 18.5 Å². The van der Waals surface area contributed by atoms with Gasteiger partial charge in [-0.1, -0.05) is 63.2 Å². The van der Waals surface area contributed by atoms with Crippen LogP contribution >= 0.6 is 0 Å². The first-order valence-corrected chi connectivity index (χ1v) is 15.4. The first kappa shape index (κ1) is 32.3. The number of nitrogen functional groups attached to an aromatic ring is 1. The van der Waals surface area contributed by atoms with Crippen LogP contribution in [0.4, 0.5) is 16.3 Å². The maximum atomic E-state index is 12.5. The summed E-state index contributed by atoms with van der Waals surface area (Å²) in [4.78, 5) is 25.0. The second-order valence-electron chi connectivity index (χ2n) is 12.7. The fourth-order valence-corrected chi connectivity index (χ4v) is 5.68. The number of carbonyl (C=O) groups excluding carboxylic acids is 1. The third-order valence-corrected chi connectivity index (χ3v) is 8.25. The van der Waals surface area contributed by atoms with E-state index in [9.17, 15) is 15.0 Å². The molecular formula is C33H44N8O4. The monoisotopic (exact) mass is 616 g/mol. The number of urea groups is 1. The van der Waals surface area contributed by atoms with Crippen LogP contribution in [0.5, 0.6) is 0 Å². The van der Waals surface area contributed by atoms with Crippen molar-refractivity contribution < 1.29 is 19.7 Å². The van der Waals surface area contributed by atoms with E-state index in [4.69, 9.17) is 10.5 Å². The van der Waals surface area contributed by atoms with Gasteiger partial charge in [0.05, 0.1) is 12.4 Å². The molecule has 0 bridgehead atoms. The van der Waals surface area contributed by atoms with Crippen LogP contribution in [0.25, 0.3) is 11.2 Å². The van der Waals surface area contributed by atoms with Crippen LogP contribution < -0.4 is 21.7 Å². The molecule has 12 nitrogen and oxygen atoms in total. The number of nitrogens with one attached hydrogen (secondary N) is 3. The Morgan fingerprint density at radius 2 is 1.80 bits per heavy atom. The Bertz CT molecular complexity index is 1540. The summed E-state index contributed by atoms with van der Waals surface area (Å²) in [6, 6.07) is 17.8. The number of rotatable bonds is 12. The van der Waals surface area contributed by atoms with Crippen molar-refractivity contribution in [3.05, 3.63) is 78.4 Å². The van der Waals surface area contributed by atoms with Gasteiger partial charge in [0.1, 0.15) is 24.1 Å². The van der Waals surface area contributed by atoms with E-state index in [0.29, 0.717) is 37.2 Å². The van der Waals surface area contributed by atoms with Crippen LogP contribution in [0.3, 0.4) is 0 Å². The molecule has 1 aliphatic heterocycles. The van der Waals surface area contributed by atoms with Gasteiger partial charge in [-0.2, -0.15) is 0 Å². The average molecular weight is 617 g/mol. The minimum atomic E-state index is -1.18. The number of aromatic nitrogens is 4. The standard InChI is InChI=1S/C33H44N8O4/c1-33(2,3)23-11-13-24(14-12-23)40-32(44)36-15-7-10-22(18-35-17-21-8-5-4-6-9-21)16-25-27(42)28(43)31(45-25)41-20-39-26-29(34)37-19-38-30(26)41/h4-6,8-9,11-14,19-20,22,25,27-28,31,35,42-43H,7,10,15-18H2,1-3H3,(H2,34,37,38)(H2,36,40,44)/t22-,25+,27-,28?,31+/m0/s1. The SMILES string of the molecule is CC(C)(C)c1ccc(NC(=O)NCCC[C@H](CNCc2ccccc2)C[C@H]2O[C@@H](n3cnc4c(N)ncnc43)C(O)[C@H]2O)cc1. The fraction of sp³-hybridized carbons (Fsp3) is 0.455. The molecule has 0 saturated carbocycles. The second kappa shape index (κ2) is 14.3. The fourth-order valence-electron chi connectivity index (χ4n) is 5.68. The maximum Gasteiger partial charge on any atom is 0.319 e. The van der Waals surface area contributed by atoms with Gasteiger partial charge in [-0.15, -0.1) is 0 Å². The molecule has 1 fully saturated rings. The Labute approximate surface area is 263 Å². The lowest BCUT2D eigenvalue weighted by molar-refractivity contribution is -0.0416. The number of anilines is 2. The van der Waals surface area contributed by atoms with E-state index >= 15 is 0 Å². The van der Waals surface area contributed by atoms with Crippen molar-refractivity contribution in [2.45, 2.75) is 76.5 Å². The van der Waals surface area contributed by atoms with Gasteiger partial charge in [-0.3, -0.25) is 4.57 Å². The molecule has 5 rings (SSSR count). The van der Waals surface area contributed by atoms with Gasteiger partial charge >= 0.3 is 6.03 Å². The number of aliphatic hydroxyl groups is 2. The zero-order valence-electron chi connectivity index (χ0n) is 26.1. The highest BCUT2D eigenvalue weighted by Gasteiger charge is 2.44. The largest absolute Gasteiger partial charge is 0.388 e. The molecule has 2 amide bonds. The van der Waals surface area contributed by atoms with E-state index in [1.54, 1.807) is 4.57 Å². The van der Waals surface area contributed by atoms with Crippen molar-refractivity contribution >= 4 is 28.7 Å². The van der Waals surface area contributed by atoms with Crippen LogP contribution in [0, 0.1) is 5.92 Å². The number of hydrogen-bond acceptors (Lipinski definition) is 9. The van der Waals surface area contributed by atoms with Crippen LogP contribution in [0.2, 0.25) is 0 Å². The summed E-state index contributed by atoms with van der Waals surface area (Å²) >= 11 is 0. The first-order valence-electron chi connectivity index (χ1n) is 15.4. The van der Waals surface area contributed by atoms with E-state index in [1.807, 2.05) is 42.5 Å². The quantitative estimate of drug-likeness (QED) is 0.130. The van der Waals surface area contributed by atoms with E-state index in [-0.39, 0.29) is 23.2 Å². The molecule has 0 radical (unpaired) electrons. The lowest BCUT2D eigenvalue weighted by Gasteiger charge is -2.23. The number of carbonyl (C=O) groups is 1. The maximum absolute atomic E-state index is 12.5. The number of nitrogens with zero attached hydrogens (tertiary/aromatic N) is 4. The Kier molecular flexibility index (Phi) is 10.3. The highest BCUT2D eigenvalue weighted by Crippen LogP contribution is 2.35. The third-order valence-electron chi connectivity index (χ3n) is 8.25. The molecule has 3 heterocycles. The third kappa shape index (κ3) is 8.14. The summed E-state index contributed by atoms with van der Waals surface area (Å²) in [5.41, 5.74) is 9.92. The molecule has 2 aromatic heterocycles. The summed E-state index contributed by atoms with van der Waals surface area (Å²) in [6.07, 6.45) is 1.07. The normalized spacial score (nSPS) is 20.7. The molecule has 1 unspecified atom stereocenters. The molecule has 2 aromatic carbocycles. The minimum Gasteiger partial charge on any atom is -0.388 e. The van der Waals surface area contributed by atoms with Crippen molar-refractivity contribution in [3.63, 3.8) is 0 Å². The summed E-state index contributed by atoms with van der Waals surface area (Å²) in [6.45, 7) is 8.32. The molecule has 0 spiro atoms. The Hall–Kier alpha value is -4.10. The second-order valence-corrected chi connectivity index (χ2v) is 12.7. The Balaban J connectivity index is 1.17. The van der Waals surface area contributed by atoms with Gasteiger partial charge in [0.25, 0.3) is 0 Å². The molecule has 45 heavy (non-hydrogen) atoms. The smallest absolute Gasteiger partial charge is 0.319 e. The van der Waals surface area contributed by atoms with E-state index < -0.39 is 24.5 Å². The van der Waals surface area contributed by atoms with E-state index in [1.165, 1.54) is 23.8 Å². The number of hydrogen-bond donors (Lipinski definition) is 6. The molecule has 5 atom stereocenters. The summed E-state index contributed by atoms with van der Waals surface area (Å²) in [5, 5.41) is 31.3. The number of imidazole rings is 1. The van der Waals surface area contributed by atoms with Gasteiger partial charge < -0.3 is 36.6 Å². The van der Waals surface area contributed by atoms with Gasteiger partial charge in [0.15, 0.2) is 17.7 Å². The number of amides is 2. The lowest BCUT2D eigenvalue weighted by Crippen LogP contribution is -2.35. The predicted octanol–water partition coefficient (Wildman–Crippen LogP) is 3.72. The van der Waals surface area contributed by atoms with Crippen molar-refractivity contribution in [3.8, 4) is 0 Å². The minimum absolute atomic E-state index is 0.0448. The van der Waals surface area contributed by atoms with Crippen LogP contribution in [0.1, 0.15) is 57.4 Å². The molecule has 4 aromatic rings. The van der Waals surface area contributed by atoms with Crippen molar-refractivity contribution in [2.24, 2.45) is 5.92 Å². The highest BCUT2D eigenvalue weighted by atomic mass is 16.6. The molecule has 240 valence electrons.